The molecule has 0 radical (unpaired) electrons. The summed E-state index contributed by atoms with van der Waals surface area (Å²) in [6.07, 6.45) is 1.39. The Morgan fingerprint density at radius 1 is 1.35 bits per heavy atom. The molecule has 1 saturated heterocycles. The zero-order valence-electron chi connectivity index (χ0n) is 14.7. The van der Waals surface area contributed by atoms with E-state index in [4.69, 9.17) is 0 Å². The van der Waals surface area contributed by atoms with Crippen LogP contribution >= 0.6 is 0 Å². The van der Waals surface area contributed by atoms with E-state index in [-0.39, 0.29) is 42.3 Å². The lowest BCUT2D eigenvalue weighted by Crippen LogP contribution is -2.43. The average molecular weight is 390 g/mol. The number of nitrogens with one attached hydrogen (secondary N) is 1. The Labute approximate surface area is 152 Å². The van der Waals surface area contributed by atoms with Crippen LogP contribution < -0.4 is 10.1 Å². The molecule has 1 atom stereocenters. The molecular formula is C17H24F2N2O4S. The molecule has 0 bridgehead atoms. The van der Waals surface area contributed by atoms with Gasteiger partial charge in [-0.25, -0.2) is 8.42 Å². The lowest BCUT2D eigenvalue weighted by Gasteiger charge is -2.26. The fourth-order valence-corrected chi connectivity index (χ4v) is 4.73. The number of alkyl halides is 2. The van der Waals surface area contributed by atoms with Crippen LogP contribution in [0.5, 0.6) is 5.75 Å². The van der Waals surface area contributed by atoms with Gasteiger partial charge in [0, 0.05) is 12.6 Å². The Kier molecular flexibility index (Phi) is 7.33. The van der Waals surface area contributed by atoms with Gasteiger partial charge in [0.15, 0.2) is 9.84 Å². The molecule has 1 unspecified atom stereocenters. The largest absolute Gasteiger partial charge is 0.435 e. The van der Waals surface area contributed by atoms with Crippen LogP contribution in [0.1, 0.15) is 25.3 Å². The number of ether oxygens (including phenoxy) is 1. The molecule has 1 N–H and O–H groups in total. The Balaban J connectivity index is 1.84. The van der Waals surface area contributed by atoms with Crippen LogP contribution in [0, 0.1) is 0 Å². The highest BCUT2D eigenvalue weighted by molar-refractivity contribution is 7.91. The molecule has 1 amide bonds. The van der Waals surface area contributed by atoms with Gasteiger partial charge >= 0.3 is 6.61 Å². The van der Waals surface area contributed by atoms with E-state index in [1.165, 1.54) is 12.1 Å². The first kappa shape index (κ1) is 20.6. The van der Waals surface area contributed by atoms with Crippen molar-refractivity contribution in [3.05, 3.63) is 29.8 Å². The minimum Gasteiger partial charge on any atom is -0.435 e. The van der Waals surface area contributed by atoms with E-state index in [0.29, 0.717) is 13.0 Å². The summed E-state index contributed by atoms with van der Waals surface area (Å²) in [7, 11) is -3.00. The number of rotatable bonds is 9. The normalized spacial score (nSPS) is 19.0. The molecule has 2 rings (SSSR count). The van der Waals surface area contributed by atoms with Crippen molar-refractivity contribution in [2.24, 2.45) is 0 Å². The van der Waals surface area contributed by atoms with Crippen molar-refractivity contribution in [3.8, 4) is 5.75 Å². The number of hydrogen-bond donors (Lipinski definition) is 1. The van der Waals surface area contributed by atoms with Crippen LogP contribution in [-0.2, 0) is 21.2 Å². The summed E-state index contributed by atoms with van der Waals surface area (Å²) < 4.78 is 51.8. The predicted octanol–water partition coefficient (Wildman–Crippen LogP) is 1.80. The maximum absolute atomic E-state index is 12.2. The maximum atomic E-state index is 12.2. The first-order chi connectivity index (χ1) is 12.3. The topological polar surface area (TPSA) is 75.7 Å². The van der Waals surface area contributed by atoms with E-state index in [9.17, 15) is 22.0 Å². The second kappa shape index (κ2) is 9.27. The molecule has 1 aromatic rings. The van der Waals surface area contributed by atoms with Crippen LogP contribution in [0.3, 0.4) is 0 Å². The van der Waals surface area contributed by atoms with Gasteiger partial charge in [0.2, 0.25) is 5.91 Å². The Morgan fingerprint density at radius 3 is 2.58 bits per heavy atom. The SMILES string of the molecule is CCCN(CC(=O)NCc1ccc(OC(F)F)cc1)C1CCS(=O)(=O)C1. The van der Waals surface area contributed by atoms with Gasteiger partial charge in [-0.15, -0.1) is 0 Å². The minimum absolute atomic E-state index is 0.0617. The third-order valence-electron chi connectivity index (χ3n) is 4.22. The van der Waals surface area contributed by atoms with Crippen molar-refractivity contribution in [3.63, 3.8) is 0 Å². The highest BCUT2D eigenvalue weighted by Gasteiger charge is 2.32. The number of carbonyl (C=O) groups excluding carboxylic acids is 1. The smallest absolute Gasteiger partial charge is 0.387 e. The lowest BCUT2D eigenvalue weighted by molar-refractivity contribution is -0.122. The second-order valence-corrected chi connectivity index (χ2v) is 8.56. The van der Waals surface area contributed by atoms with Crippen molar-refractivity contribution in [1.29, 1.82) is 0 Å². The molecular weight excluding hydrogens is 366 g/mol. The van der Waals surface area contributed by atoms with Gasteiger partial charge < -0.3 is 10.1 Å². The van der Waals surface area contributed by atoms with Crippen LogP contribution in [0.25, 0.3) is 0 Å². The van der Waals surface area contributed by atoms with Crippen LogP contribution in [-0.4, -0.2) is 56.5 Å². The van der Waals surface area contributed by atoms with Gasteiger partial charge in [0.25, 0.3) is 0 Å². The molecule has 9 heteroatoms. The summed E-state index contributed by atoms with van der Waals surface area (Å²) >= 11 is 0. The van der Waals surface area contributed by atoms with Crippen molar-refractivity contribution in [2.45, 2.75) is 39.0 Å². The number of carbonyl (C=O) groups is 1. The molecule has 1 fully saturated rings. The van der Waals surface area contributed by atoms with E-state index >= 15 is 0 Å². The highest BCUT2D eigenvalue weighted by Crippen LogP contribution is 2.18. The van der Waals surface area contributed by atoms with Gasteiger partial charge in [0.05, 0.1) is 18.1 Å². The number of halogens is 2. The molecule has 6 nitrogen and oxygen atoms in total. The predicted molar refractivity (Wildman–Crippen MR) is 93.8 cm³/mol. The number of benzene rings is 1. The maximum Gasteiger partial charge on any atom is 0.387 e. The zero-order chi connectivity index (χ0) is 19.2. The van der Waals surface area contributed by atoms with Gasteiger partial charge in [0.1, 0.15) is 5.75 Å². The molecule has 1 heterocycles. The molecule has 0 saturated carbocycles. The van der Waals surface area contributed by atoms with Gasteiger partial charge in [-0.2, -0.15) is 8.78 Å². The number of nitrogens with zero attached hydrogens (tertiary/aromatic N) is 1. The lowest BCUT2D eigenvalue weighted by atomic mass is 10.2. The first-order valence-corrected chi connectivity index (χ1v) is 10.4. The summed E-state index contributed by atoms with van der Waals surface area (Å²) in [4.78, 5) is 14.1. The van der Waals surface area contributed by atoms with Crippen LogP contribution in [0.15, 0.2) is 24.3 Å². The molecule has 146 valence electrons. The van der Waals surface area contributed by atoms with E-state index in [0.717, 1.165) is 12.0 Å². The number of hydrogen-bond acceptors (Lipinski definition) is 5. The summed E-state index contributed by atoms with van der Waals surface area (Å²) in [5, 5.41) is 2.77. The van der Waals surface area contributed by atoms with Gasteiger partial charge in [-0.05, 0) is 37.1 Å². The summed E-state index contributed by atoms with van der Waals surface area (Å²) in [5.41, 5.74) is 0.755. The van der Waals surface area contributed by atoms with E-state index in [1.54, 1.807) is 12.1 Å². The van der Waals surface area contributed by atoms with E-state index in [1.807, 2.05) is 11.8 Å². The molecule has 0 spiro atoms. The van der Waals surface area contributed by atoms with Crippen LogP contribution in [0.2, 0.25) is 0 Å². The fourth-order valence-electron chi connectivity index (χ4n) is 2.97. The third kappa shape index (κ3) is 6.53. The van der Waals surface area contributed by atoms with Crippen LogP contribution in [0.4, 0.5) is 8.78 Å². The summed E-state index contributed by atoms with van der Waals surface area (Å²) in [6, 6.07) is 5.92. The molecule has 1 aliphatic heterocycles. The molecule has 0 aliphatic carbocycles. The zero-order valence-corrected chi connectivity index (χ0v) is 15.5. The molecule has 1 aromatic carbocycles. The Bertz CT molecular complexity index is 695. The van der Waals surface area contributed by atoms with Crippen molar-refractivity contribution in [2.75, 3.05) is 24.6 Å². The van der Waals surface area contributed by atoms with Crippen molar-refractivity contribution < 1.29 is 26.7 Å². The second-order valence-electron chi connectivity index (χ2n) is 6.33. The van der Waals surface area contributed by atoms with Crippen molar-refractivity contribution >= 4 is 15.7 Å². The standard InChI is InChI=1S/C17H24F2N2O4S/c1-2-8-21(14-7-9-26(23,24)12-14)11-16(22)20-10-13-3-5-15(6-4-13)25-17(18)19/h3-6,14,17H,2,7-12H2,1H3,(H,20,22). The number of amides is 1. The fraction of sp³-hybridized carbons (Fsp3) is 0.588. The van der Waals surface area contributed by atoms with Crippen molar-refractivity contribution in [1.82, 2.24) is 10.2 Å². The quantitative estimate of drug-likeness (QED) is 0.696. The summed E-state index contributed by atoms with van der Waals surface area (Å²) in [6.45, 7) is 0.173. The Hall–Kier alpha value is -1.74. The number of sulfone groups is 1. The van der Waals surface area contributed by atoms with Gasteiger partial charge in [-0.1, -0.05) is 19.1 Å². The molecule has 26 heavy (non-hydrogen) atoms. The minimum atomic E-state index is -3.00. The molecule has 1 aliphatic rings. The van der Waals surface area contributed by atoms with E-state index in [2.05, 4.69) is 10.1 Å². The highest BCUT2D eigenvalue weighted by atomic mass is 32.2. The monoisotopic (exact) mass is 390 g/mol. The summed E-state index contributed by atoms with van der Waals surface area (Å²) in [5.74, 6) is 0.139. The third-order valence-corrected chi connectivity index (χ3v) is 5.97. The van der Waals surface area contributed by atoms with E-state index < -0.39 is 16.4 Å². The average Bonchev–Trinajstić information content (AvgIpc) is 2.93. The Morgan fingerprint density at radius 2 is 2.04 bits per heavy atom. The van der Waals surface area contributed by atoms with Gasteiger partial charge in [-0.3, -0.25) is 9.69 Å². The molecule has 0 aromatic heterocycles. The first-order valence-electron chi connectivity index (χ1n) is 8.54.